The van der Waals surface area contributed by atoms with Crippen molar-refractivity contribution in [2.24, 2.45) is 11.7 Å². The summed E-state index contributed by atoms with van der Waals surface area (Å²) in [5, 5.41) is 2.46. The van der Waals surface area contributed by atoms with Gasteiger partial charge < -0.3 is 20.5 Å². The molecule has 0 aromatic heterocycles. The number of hydrogen-bond donors (Lipinski definition) is 2. The summed E-state index contributed by atoms with van der Waals surface area (Å²) in [6.07, 6.45) is -0.584. The average Bonchev–Trinajstić information content (AvgIpc) is 2.22. The molecule has 0 saturated carbocycles. The second-order valence-corrected chi connectivity index (χ2v) is 5.26. The third-order valence-corrected chi connectivity index (χ3v) is 2.17. The zero-order valence-electron chi connectivity index (χ0n) is 12.0. The third-order valence-electron chi connectivity index (χ3n) is 2.17. The minimum absolute atomic E-state index is 0.0549. The molecule has 3 N–H and O–H groups in total. The zero-order valence-corrected chi connectivity index (χ0v) is 12.0. The lowest BCUT2D eigenvalue weighted by atomic mass is 10.00. The van der Waals surface area contributed by atoms with Gasteiger partial charge in [-0.3, -0.25) is 9.59 Å². The van der Waals surface area contributed by atoms with E-state index in [1.807, 2.05) is 0 Å². The lowest BCUT2D eigenvalue weighted by Crippen LogP contribution is -2.41. The molecular formula is C12H22N2O5. The summed E-state index contributed by atoms with van der Waals surface area (Å²) < 4.78 is 9.53. The number of carbonyl (C=O) groups is 3. The highest BCUT2D eigenvalue weighted by Gasteiger charge is 2.31. The maximum Gasteiger partial charge on any atom is 0.407 e. The monoisotopic (exact) mass is 274 g/mol. The highest BCUT2D eigenvalue weighted by atomic mass is 16.6. The molecule has 0 bridgehead atoms. The van der Waals surface area contributed by atoms with Crippen LogP contribution in [0.25, 0.3) is 0 Å². The van der Waals surface area contributed by atoms with E-state index in [4.69, 9.17) is 10.5 Å². The van der Waals surface area contributed by atoms with Crippen LogP contribution in [-0.4, -0.2) is 36.7 Å². The molecule has 2 unspecified atom stereocenters. The van der Waals surface area contributed by atoms with Crippen molar-refractivity contribution in [3.05, 3.63) is 0 Å². The number of hydrogen-bond acceptors (Lipinski definition) is 5. The van der Waals surface area contributed by atoms with E-state index in [0.717, 1.165) is 0 Å². The van der Waals surface area contributed by atoms with Gasteiger partial charge in [0.1, 0.15) is 11.5 Å². The number of nitrogens with two attached hydrogens (primary N) is 1. The van der Waals surface area contributed by atoms with Gasteiger partial charge in [-0.25, -0.2) is 4.79 Å². The number of amides is 2. The number of carbonyl (C=O) groups excluding carboxylic acids is 3. The van der Waals surface area contributed by atoms with Crippen LogP contribution in [-0.2, 0) is 19.1 Å². The summed E-state index contributed by atoms with van der Waals surface area (Å²) in [6.45, 7) is 6.72. The van der Waals surface area contributed by atoms with Gasteiger partial charge in [0.15, 0.2) is 0 Å². The van der Waals surface area contributed by atoms with E-state index in [-0.39, 0.29) is 6.42 Å². The number of rotatable bonds is 5. The smallest absolute Gasteiger partial charge is 0.407 e. The zero-order chi connectivity index (χ0) is 15.2. The maximum absolute atomic E-state index is 11.8. The largest absolute Gasteiger partial charge is 0.459 e. The third kappa shape index (κ3) is 7.28. The molecule has 2 atom stereocenters. The Morgan fingerprint density at radius 3 is 2.16 bits per heavy atom. The van der Waals surface area contributed by atoms with Crippen molar-refractivity contribution in [3.8, 4) is 0 Å². The maximum atomic E-state index is 11.8. The van der Waals surface area contributed by atoms with E-state index in [1.54, 1.807) is 27.7 Å². The van der Waals surface area contributed by atoms with Crippen molar-refractivity contribution in [2.45, 2.75) is 45.8 Å². The molecule has 0 spiro atoms. The number of ether oxygens (including phenoxy) is 2. The van der Waals surface area contributed by atoms with Crippen LogP contribution in [0.15, 0.2) is 0 Å². The van der Waals surface area contributed by atoms with Gasteiger partial charge in [0, 0.05) is 6.04 Å². The Bertz CT molecular complexity index is 349. The van der Waals surface area contributed by atoms with Gasteiger partial charge in [-0.1, -0.05) is 0 Å². The Kier molecular flexibility index (Phi) is 6.31. The summed E-state index contributed by atoms with van der Waals surface area (Å²) in [7, 11) is 1.22. The topological polar surface area (TPSA) is 108 Å². The van der Waals surface area contributed by atoms with E-state index >= 15 is 0 Å². The first-order valence-electron chi connectivity index (χ1n) is 5.93. The molecule has 0 aromatic rings. The van der Waals surface area contributed by atoms with Crippen LogP contribution in [0, 0.1) is 5.92 Å². The second kappa shape index (κ2) is 6.96. The van der Waals surface area contributed by atoms with E-state index in [0.29, 0.717) is 0 Å². The molecule has 7 heteroatoms. The Balaban J connectivity index is 4.62. The SMILES string of the molecule is COC(=O)NC(C)CC(C(N)=O)C(=O)OC(C)(C)C. The van der Waals surface area contributed by atoms with Gasteiger partial charge in [-0.2, -0.15) is 0 Å². The molecule has 0 fully saturated rings. The van der Waals surface area contributed by atoms with Crippen molar-refractivity contribution in [3.63, 3.8) is 0 Å². The minimum Gasteiger partial charge on any atom is -0.459 e. The Labute approximate surface area is 112 Å². The fourth-order valence-electron chi connectivity index (χ4n) is 1.37. The van der Waals surface area contributed by atoms with Crippen LogP contribution in [0.2, 0.25) is 0 Å². The van der Waals surface area contributed by atoms with Gasteiger partial charge in [0.25, 0.3) is 0 Å². The highest BCUT2D eigenvalue weighted by molar-refractivity contribution is 5.97. The van der Waals surface area contributed by atoms with E-state index in [2.05, 4.69) is 10.1 Å². The normalized spacial score (nSPS) is 14.2. The Morgan fingerprint density at radius 1 is 1.26 bits per heavy atom. The summed E-state index contributed by atoms with van der Waals surface area (Å²) in [5.41, 5.74) is 4.48. The lowest BCUT2D eigenvalue weighted by Gasteiger charge is -2.24. The standard InChI is InChI=1S/C12H22N2O5/c1-7(14-11(17)18-5)6-8(9(13)15)10(16)19-12(2,3)4/h7-8H,6H2,1-5H3,(H2,13,15)(H,14,17). The fraction of sp³-hybridized carbons (Fsp3) is 0.750. The predicted molar refractivity (Wildman–Crippen MR) is 68.1 cm³/mol. The molecule has 19 heavy (non-hydrogen) atoms. The van der Waals surface area contributed by atoms with Gasteiger partial charge in [0.2, 0.25) is 5.91 Å². The predicted octanol–water partition coefficient (Wildman–Crippen LogP) is 0.564. The van der Waals surface area contributed by atoms with E-state index in [1.165, 1.54) is 7.11 Å². The molecule has 0 heterocycles. The number of primary amides is 1. The lowest BCUT2D eigenvalue weighted by molar-refractivity contribution is -0.162. The van der Waals surface area contributed by atoms with Crippen molar-refractivity contribution >= 4 is 18.0 Å². The van der Waals surface area contributed by atoms with Crippen molar-refractivity contribution in [2.75, 3.05) is 7.11 Å². The molecule has 110 valence electrons. The molecule has 2 amide bonds. The summed E-state index contributed by atoms with van der Waals surface area (Å²) >= 11 is 0. The van der Waals surface area contributed by atoms with Crippen LogP contribution >= 0.6 is 0 Å². The molecule has 7 nitrogen and oxygen atoms in total. The van der Waals surface area contributed by atoms with Gasteiger partial charge >= 0.3 is 12.1 Å². The second-order valence-electron chi connectivity index (χ2n) is 5.26. The summed E-state index contributed by atoms with van der Waals surface area (Å²) in [6, 6.07) is -0.447. The molecule has 0 aliphatic carbocycles. The number of esters is 1. The summed E-state index contributed by atoms with van der Waals surface area (Å²) in [4.78, 5) is 34.1. The first-order chi connectivity index (χ1) is 8.56. The molecule has 0 saturated heterocycles. The first kappa shape index (κ1) is 17.2. The van der Waals surface area contributed by atoms with Crippen LogP contribution in [0.3, 0.4) is 0 Å². The molecule has 0 rings (SSSR count). The highest BCUT2D eigenvalue weighted by Crippen LogP contribution is 2.15. The average molecular weight is 274 g/mol. The minimum atomic E-state index is -1.11. The van der Waals surface area contributed by atoms with Crippen LogP contribution in [0.1, 0.15) is 34.1 Å². The molecule has 0 aliphatic heterocycles. The van der Waals surface area contributed by atoms with Crippen molar-refractivity contribution in [1.82, 2.24) is 5.32 Å². The molecular weight excluding hydrogens is 252 g/mol. The number of methoxy groups -OCH3 is 1. The number of nitrogens with one attached hydrogen (secondary N) is 1. The first-order valence-corrected chi connectivity index (χ1v) is 5.93. The molecule has 0 aromatic carbocycles. The summed E-state index contributed by atoms with van der Waals surface area (Å²) in [5.74, 6) is -2.59. The quantitative estimate of drug-likeness (QED) is 0.562. The van der Waals surface area contributed by atoms with Gasteiger partial charge in [-0.05, 0) is 34.1 Å². The van der Waals surface area contributed by atoms with Gasteiger partial charge in [-0.15, -0.1) is 0 Å². The van der Waals surface area contributed by atoms with Crippen molar-refractivity contribution in [1.29, 1.82) is 0 Å². The fourth-order valence-corrected chi connectivity index (χ4v) is 1.37. The Morgan fingerprint density at radius 2 is 1.79 bits per heavy atom. The Hall–Kier alpha value is -1.79. The molecule has 0 radical (unpaired) electrons. The van der Waals surface area contributed by atoms with E-state index in [9.17, 15) is 14.4 Å². The van der Waals surface area contributed by atoms with Gasteiger partial charge in [0.05, 0.1) is 7.11 Å². The van der Waals surface area contributed by atoms with Crippen LogP contribution in [0.5, 0.6) is 0 Å². The van der Waals surface area contributed by atoms with Crippen LogP contribution < -0.4 is 11.1 Å². The molecule has 0 aliphatic rings. The van der Waals surface area contributed by atoms with Crippen LogP contribution in [0.4, 0.5) is 4.79 Å². The number of alkyl carbamates (subject to hydrolysis) is 1. The van der Waals surface area contributed by atoms with Crippen molar-refractivity contribution < 1.29 is 23.9 Å². The van der Waals surface area contributed by atoms with E-state index < -0.39 is 35.5 Å².